The van der Waals surface area contributed by atoms with Crippen LogP contribution in [0.2, 0.25) is 0 Å². The SMILES string of the molecule is CCc1nc2ccc(Br)cc2c(C(=O)O)c1O. The number of carboxylic acids is 1. The van der Waals surface area contributed by atoms with Crippen LogP contribution in [-0.2, 0) is 6.42 Å². The molecule has 5 heteroatoms. The Morgan fingerprint density at radius 3 is 2.76 bits per heavy atom. The summed E-state index contributed by atoms with van der Waals surface area (Å²) >= 11 is 3.27. The quantitative estimate of drug-likeness (QED) is 0.893. The van der Waals surface area contributed by atoms with Gasteiger partial charge in [0.25, 0.3) is 0 Å². The minimum Gasteiger partial charge on any atom is -0.505 e. The second kappa shape index (κ2) is 4.33. The van der Waals surface area contributed by atoms with E-state index in [0.29, 0.717) is 23.0 Å². The molecule has 0 atom stereocenters. The van der Waals surface area contributed by atoms with Crippen molar-refractivity contribution in [3.05, 3.63) is 33.9 Å². The number of fused-ring (bicyclic) bond motifs is 1. The fraction of sp³-hybridized carbons (Fsp3) is 0.167. The van der Waals surface area contributed by atoms with Crippen molar-refractivity contribution in [3.63, 3.8) is 0 Å². The summed E-state index contributed by atoms with van der Waals surface area (Å²) in [6.07, 6.45) is 0.484. The van der Waals surface area contributed by atoms with Crippen LogP contribution in [0.4, 0.5) is 0 Å². The van der Waals surface area contributed by atoms with Gasteiger partial charge in [-0.2, -0.15) is 0 Å². The number of halogens is 1. The Kier molecular flexibility index (Phi) is 3.02. The number of nitrogens with zero attached hydrogens (tertiary/aromatic N) is 1. The lowest BCUT2D eigenvalue weighted by Crippen LogP contribution is -2.03. The number of benzene rings is 1. The van der Waals surface area contributed by atoms with E-state index in [9.17, 15) is 15.0 Å². The molecule has 0 unspecified atom stereocenters. The third kappa shape index (κ3) is 1.98. The van der Waals surface area contributed by atoms with Gasteiger partial charge >= 0.3 is 5.97 Å². The van der Waals surface area contributed by atoms with Crippen LogP contribution in [0.5, 0.6) is 5.75 Å². The van der Waals surface area contributed by atoms with Crippen molar-refractivity contribution >= 4 is 32.8 Å². The molecule has 88 valence electrons. The second-order valence-corrected chi connectivity index (χ2v) is 4.52. The number of aryl methyl sites for hydroxylation is 1. The Hall–Kier alpha value is -1.62. The zero-order valence-electron chi connectivity index (χ0n) is 9.07. The molecule has 0 amide bonds. The molecule has 2 rings (SSSR count). The molecule has 0 aliphatic rings. The van der Waals surface area contributed by atoms with Gasteiger partial charge < -0.3 is 10.2 Å². The molecule has 0 aliphatic carbocycles. The molecule has 0 bridgehead atoms. The van der Waals surface area contributed by atoms with E-state index in [1.165, 1.54) is 0 Å². The summed E-state index contributed by atoms with van der Waals surface area (Å²) in [6, 6.07) is 5.16. The average molecular weight is 296 g/mol. The van der Waals surface area contributed by atoms with Gasteiger partial charge in [-0.1, -0.05) is 22.9 Å². The highest BCUT2D eigenvalue weighted by Crippen LogP contribution is 2.31. The van der Waals surface area contributed by atoms with E-state index in [1.807, 2.05) is 6.92 Å². The summed E-state index contributed by atoms with van der Waals surface area (Å²) in [5, 5.41) is 19.5. The van der Waals surface area contributed by atoms with Crippen LogP contribution in [0, 0.1) is 0 Å². The normalized spacial score (nSPS) is 10.7. The van der Waals surface area contributed by atoms with E-state index in [2.05, 4.69) is 20.9 Å². The number of carboxylic acid groups (broad SMARTS) is 1. The molecule has 2 N–H and O–H groups in total. The van der Waals surface area contributed by atoms with Crippen molar-refractivity contribution in [2.75, 3.05) is 0 Å². The molecule has 4 nitrogen and oxygen atoms in total. The van der Waals surface area contributed by atoms with Gasteiger partial charge in [-0.3, -0.25) is 0 Å². The Morgan fingerprint density at radius 2 is 2.18 bits per heavy atom. The molecule has 1 aromatic heterocycles. The fourth-order valence-electron chi connectivity index (χ4n) is 1.74. The number of carbonyl (C=O) groups is 1. The van der Waals surface area contributed by atoms with Crippen LogP contribution in [-0.4, -0.2) is 21.2 Å². The lowest BCUT2D eigenvalue weighted by Gasteiger charge is -2.09. The van der Waals surface area contributed by atoms with Crippen molar-refractivity contribution in [2.45, 2.75) is 13.3 Å². The molecule has 0 radical (unpaired) electrons. The topological polar surface area (TPSA) is 70.4 Å². The van der Waals surface area contributed by atoms with Gasteiger partial charge in [0.2, 0.25) is 0 Å². The summed E-state index contributed by atoms with van der Waals surface area (Å²) in [4.78, 5) is 15.5. The first-order chi connectivity index (χ1) is 8.04. The first-order valence-corrected chi connectivity index (χ1v) is 5.88. The van der Waals surface area contributed by atoms with Crippen molar-refractivity contribution in [3.8, 4) is 5.75 Å². The maximum atomic E-state index is 11.2. The third-order valence-corrected chi connectivity index (χ3v) is 3.04. The number of hydrogen-bond acceptors (Lipinski definition) is 3. The van der Waals surface area contributed by atoms with Crippen molar-refractivity contribution in [2.24, 2.45) is 0 Å². The van der Waals surface area contributed by atoms with Crippen LogP contribution in [0.25, 0.3) is 10.9 Å². The lowest BCUT2D eigenvalue weighted by molar-refractivity contribution is 0.0695. The Labute approximate surface area is 106 Å². The standard InChI is InChI=1S/C12H10BrNO3/c1-2-8-11(15)10(12(16)17)7-5-6(13)3-4-9(7)14-8/h3-5,15H,2H2,1H3,(H,16,17). The fourth-order valence-corrected chi connectivity index (χ4v) is 2.10. The van der Waals surface area contributed by atoms with Crippen LogP contribution in [0.1, 0.15) is 23.0 Å². The zero-order chi connectivity index (χ0) is 12.6. The number of aromatic carboxylic acids is 1. The molecule has 1 aromatic carbocycles. The first-order valence-electron chi connectivity index (χ1n) is 5.09. The maximum absolute atomic E-state index is 11.2. The molecule has 0 saturated carbocycles. The first kappa shape index (κ1) is 11.9. The number of rotatable bonds is 2. The highest BCUT2D eigenvalue weighted by atomic mass is 79.9. The average Bonchev–Trinajstić information content (AvgIpc) is 2.27. The molecule has 0 fully saturated rings. The van der Waals surface area contributed by atoms with Gasteiger partial charge in [0, 0.05) is 9.86 Å². The Morgan fingerprint density at radius 1 is 1.47 bits per heavy atom. The highest BCUT2D eigenvalue weighted by Gasteiger charge is 2.18. The van der Waals surface area contributed by atoms with E-state index >= 15 is 0 Å². The Balaban J connectivity index is 2.92. The molecule has 17 heavy (non-hydrogen) atoms. The van der Waals surface area contributed by atoms with Crippen LogP contribution >= 0.6 is 15.9 Å². The van der Waals surface area contributed by atoms with Gasteiger partial charge in [0.1, 0.15) is 5.56 Å². The predicted octanol–water partition coefficient (Wildman–Crippen LogP) is 2.96. The third-order valence-electron chi connectivity index (χ3n) is 2.54. The van der Waals surface area contributed by atoms with Gasteiger partial charge in [-0.25, -0.2) is 9.78 Å². The summed E-state index contributed by atoms with van der Waals surface area (Å²) in [7, 11) is 0. The van der Waals surface area contributed by atoms with Gasteiger partial charge in [-0.05, 0) is 24.6 Å². The second-order valence-electron chi connectivity index (χ2n) is 3.60. The summed E-state index contributed by atoms with van der Waals surface area (Å²) in [6.45, 7) is 1.82. The predicted molar refractivity (Wildman–Crippen MR) is 67.4 cm³/mol. The molecule has 0 spiro atoms. The van der Waals surface area contributed by atoms with Crippen LogP contribution < -0.4 is 0 Å². The summed E-state index contributed by atoms with van der Waals surface area (Å²) in [5.41, 5.74) is 0.880. The molecule has 2 aromatic rings. The van der Waals surface area contributed by atoms with E-state index in [4.69, 9.17) is 0 Å². The van der Waals surface area contributed by atoms with E-state index in [1.54, 1.807) is 18.2 Å². The van der Waals surface area contributed by atoms with E-state index in [0.717, 1.165) is 4.47 Å². The van der Waals surface area contributed by atoms with Gasteiger partial charge in [0.15, 0.2) is 5.75 Å². The minimum absolute atomic E-state index is 0.0897. The summed E-state index contributed by atoms with van der Waals surface area (Å²) < 4.78 is 0.748. The maximum Gasteiger partial charge on any atom is 0.340 e. The number of hydrogen-bond donors (Lipinski definition) is 2. The molecule has 0 aliphatic heterocycles. The van der Waals surface area contributed by atoms with Crippen molar-refractivity contribution < 1.29 is 15.0 Å². The van der Waals surface area contributed by atoms with Crippen molar-refractivity contribution in [1.29, 1.82) is 0 Å². The lowest BCUT2D eigenvalue weighted by atomic mass is 10.1. The highest BCUT2D eigenvalue weighted by molar-refractivity contribution is 9.10. The molecular formula is C12H10BrNO3. The molecular weight excluding hydrogens is 286 g/mol. The largest absolute Gasteiger partial charge is 0.505 e. The molecule has 0 saturated heterocycles. The van der Waals surface area contributed by atoms with Crippen LogP contribution in [0.15, 0.2) is 22.7 Å². The van der Waals surface area contributed by atoms with Crippen molar-refractivity contribution in [1.82, 2.24) is 4.98 Å². The monoisotopic (exact) mass is 295 g/mol. The molecule has 1 heterocycles. The van der Waals surface area contributed by atoms with Gasteiger partial charge in [-0.15, -0.1) is 0 Å². The van der Waals surface area contributed by atoms with Gasteiger partial charge in [0.05, 0.1) is 11.2 Å². The minimum atomic E-state index is -1.15. The number of aromatic nitrogens is 1. The smallest absolute Gasteiger partial charge is 0.340 e. The van der Waals surface area contributed by atoms with E-state index < -0.39 is 5.97 Å². The van der Waals surface area contributed by atoms with E-state index in [-0.39, 0.29) is 11.3 Å². The Bertz CT molecular complexity index is 610. The number of pyridine rings is 1. The zero-order valence-corrected chi connectivity index (χ0v) is 10.7. The van der Waals surface area contributed by atoms with Crippen LogP contribution in [0.3, 0.4) is 0 Å². The summed E-state index contributed by atoms with van der Waals surface area (Å²) in [5.74, 6) is -1.40. The number of aromatic hydroxyl groups is 1.